The summed E-state index contributed by atoms with van der Waals surface area (Å²) < 4.78 is 4.59. The van der Waals surface area contributed by atoms with Crippen LogP contribution in [0.5, 0.6) is 0 Å². The maximum absolute atomic E-state index is 11.8. The van der Waals surface area contributed by atoms with Gasteiger partial charge in [0.25, 0.3) is 11.6 Å². The Morgan fingerprint density at radius 2 is 1.67 bits per heavy atom. The Hall–Kier alpha value is -3.55. The zero-order valence-electron chi connectivity index (χ0n) is 12.6. The molecule has 1 amide bonds. The van der Waals surface area contributed by atoms with Crippen molar-refractivity contribution in [1.29, 1.82) is 0 Å². The first-order chi connectivity index (χ1) is 11.5. The molecule has 2 aromatic carbocycles. The molecule has 0 saturated heterocycles. The topological polar surface area (TPSA) is 111 Å². The molecule has 0 bridgehead atoms. The summed E-state index contributed by atoms with van der Waals surface area (Å²) in [4.78, 5) is 33.1. The number of nitrogens with one attached hydrogen (secondary N) is 1. The summed E-state index contributed by atoms with van der Waals surface area (Å²) in [5, 5.41) is 14.3. The zero-order valence-corrected chi connectivity index (χ0v) is 12.6. The molecule has 0 aliphatic carbocycles. The van der Waals surface area contributed by atoms with Gasteiger partial charge in [0.1, 0.15) is 0 Å². The number of carbonyl (C=O) groups is 2. The molecule has 24 heavy (non-hydrogen) atoms. The summed E-state index contributed by atoms with van der Waals surface area (Å²) in [5.74, 6) is -0.933. The van der Waals surface area contributed by atoms with Crippen LogP contribution in [0.4, 0.5) is 5.69 Å². The van der Waals surface area contributed by atoms with E-state index >= 15 is 0 Å². The number of carbonyl (C=O) groups excluding carboxylic acids is 2. The van der Waals surface area contributed by atoms with Crippen molar-refractivity contribution >= 4 is 23.8 Å². The monoisotopic (exact) mass is 327 g/mol. The largest absolute Gasteiger partial charge is 0.465 e. The predicted molar refractivity (Wildman–Crippen MR) is 85.9 cm³/mol. The van der Waals surface area contributed by atoms with Crippen LogP contribution in [-0.4, -0.2) is 30.1 Å². The summed E-state index contributed by atoms with van der Waals surface area (Å²) in [6.07, 6.45) is 1.41. The molecule has 122 valence electrons. The maximum Gasteiger partial charge on any atom is 0.337 e. The second kappa shape index (κ2) is 7.63. The number of nitro groups is 1. The number of benzene rings is 2. The van der Waals surface area contributed by atoms with Gasteiger partial charge in [-0.25, -0.2) is 10.2 Å². The maximum atomic E-state index is 11.8. The second-order valence-electron chi connectivity index (χ2n) is 4.62. The number of ether oxygens (including phenoxy) is 1. The lowest BCUT2D eigenvalue weighted by atomic mass is 10.1. The minimum Gasteiger partial charge on any atom is -0.465 e. The van der Waals surface area contributed by atoms with Gasteiger partial charge < -0.3 is 4.74 Å². The highest BCUT2D eigenvalue weighted by atomic mass is 16.6. The van der Waals surface area contributed by atoms with Gasteiger partial charge in [-0.15, -0.1) is 0 Å². The average molecular weight is 327 g/mol. The standard InChI is InChI=1S/C16H13N3O5/c1-24-16(21)13-4-2-11(3-5-13)10-17-18-15(20)12-6-8-14(9-7-12)19(22)23/h2-10H,1H3,(H,18,20)/b17-10+. The Labute approximate surface area is 136 Å². The highest BCUT2D eigenvalue weighted by Gasteiger charge is 2.08. The Kier molecular flexibility index (Phi) is 5.35. The van der Waals surface area contributed by atoms with Crippen molar-refractivity contribution in [3.8, 4) is 0 Å². The number of rotatable bonds is 5. The van der Waals surface area contributed by atoms with Crippen LogP contribution in [-0.2, 0) is 4.74 Å². The lowest BCUT2D eigenvalue weighted by molar-refractivity contribution is -0.384. The van der Waals surface area contributed by atoms with Crippen LogP contribution in [0.3, 0.4) is 0 Å². The number of non-ortho nitro benzene ring substituents is 1. The molecule has 8 nitrogen and oxygen atoms in total. The van der Waals surface area contributed by atoms with Crippen LogP contribution in [0, 0.1) is 10.1 Å². The number of nitrogens with zero attached hydrogens (tertiary/aromatic N) is 2. The van der Waals surface area contributed by atoms with E-state index < -0.39 is 16.8 Å². The minimum absolute atomic E-state index is 0.0965. The fourth-order valence-electron chi connectivity index (χ4n) is 1.79. The number of hydrazone groups is 1. The molecule has 0 radical (unpaired) electrons. The van der Waals surface area contributed by atoms with Gasteiger partial charge in [-0.1, -0.05) is 12.1 Å². The molecule has 0 fully saturated rings. The Balaban J connectivity index is 1.96. The van der Waals surface area contributed by atoms with E-state index in [1.165, 1.54) is 37.6 Å². The molecular formula is C16H13N3O5. The predicted octanol–water partition coefficient (Wildman–Crippen LogP) is 2.15. The van der Waals surface area contributed by atoms with E-state index in [-0.39, 0.29) is 11.3 Å². The van der Waals surface area contributed by atoms with Gasteiger partial charge in [-0.2, -0.15) is 5.10 Å². The van der Waals surface area contributed by atoms with Crippen molar-refractivity contribution in [2.75, 3.05) is 7.11 Å². The zero-order chi connectivity index (χ0) is 17.5. The number of nitro benzene ring substituents is 1. The van der Waals surface area contributed by atoms with E-state index in [9.17, 15) is 19.7 Å². The van der Waals surface area contributed by atoms with Gasteiger partial charge in [0.2, 0.25) is 0 Å². The number of hydrogen-bond donors (Lipinski definition) is 1. The summed E-state index contributed by atoms with van der Waals surface area (Å²) >= 11 is 0. The first-order valence-electron chi connectivity index (χ1n) is 6.77. The smallest absolute Gasteiger partial charge is 0.337 e. The lowest BCUT2D eigenvalue weighted by Crippen LogP contribution is -2.17. The van der Waals surface area contributed by atoms with E-state index in [4.69, 9.17) is 0 Å². The van der Waals surface area contributed by atoms with Crippen LogP contribution < -0.4 is 5.43 Å². The van der Waals surface area contributed by atoms with Crippen molar-refractivity contribution in [1.82, 2.24) is 5.43 Å². The van der Waals surface area contributed by atoms with Crippen molar-refractivity contribution in [2.45, 2.75) is 0 Å². The molecule has 2 aromatic rings. The van der Waals surface area contributed by atoms with E-state index in [0.717, 1.165) is 0 Å². The summed E-state index contributed by atoms with van der Waals surface area (Å²) in [6.45, 7) is 0. The van der Waals surface area contributed by atoms with Crippen LogP contribution in [0.2, 0.25) is 0 Å². The number of amides is 1. The number of methoxy groups -OCH3 is 1. The molecule has 8 heteroatoms. The van der Waals surface area contributed by atoms with Crippen LogP contribution in [0.25, 0.3) is 0 Å². The fraction of sp³-hybridized carbons (Fsp3) is 0.0625. The molecule has 0 spiro atoms. The van der Waals surface area contributed by atoms with Gasteiger partial charge >= 0.3 is 5.97 Å². The van der Waals surface area contributed by atoms with Crippen molar-refractivity contribution in [3.05, 3.63) is 75.3 Å². The van der Waals surface area contributed by atoms with E-state index in [1.807, 2.05) is 0 Å². The van der Waals surface area contributed by atoms with Crippen LogP contribution in [0.15, 0.2) is 53.6 Å². The molecule has 1 N–H and O–H groups in total. The highest BCUT2D eigenvalue weighted by molar-refractivity contribution is 5.95. The van der Waals surface area contributed by atoms with Crippen molar-refractivity contribution < 1.29 is 19.2 Å². The Bertz CT molecular complexity index is 782. The SMILES string of the molecule is COC(=O)c1ccc(/C=N/NC(=O)c2ccc([N+](=O)[O-])cc2)cc1. The number of hydrogen-bond acceptors (Lipinski definition) is 6. The molecule has 0 heterocycles. The molecule has 0 atom stereocenters. The lowest BCUT2D eigenvalue weighted by Gasteiger charge is -2.00. The van der Waals surface area contributed by atoms with Gasteiger partial charge in [0, 0.05) is 17.7 Å². The van der Waals surface area contributed by atoms with E-state index in [2.05, 4.69) is 15.3 Å². The second-order valence-corrected chi connectivity index (χ2v) is 4.62. The first-order valence-corrected chi connectivity index (χ1v) is 6.77. The van der Waals surface area contributed by atoms with Crippen molar-refractivity contribution in [2.24, 2.45) is 5.10 Å². The Morgan fingerprint density at radius 1 is 1.08 bits per heavy atom. The highest BCUT2D eigenvalue weighted by Crippen LogP contribution is 2.11. The average Bonchev–Trinajstić information content (AvgIpc) is 2.61. The van der Waals surface area contributed by atoms with Crippen LogP contribution >= 0.6 is 0 Å². The van der Waals surface area contributed by atoms with E-state index in [1.54, 1.807) is 24.3 Å². The summed E-state index contributed by atoms with van der Waals surface area (Å²) in [7, 11) is 1.30. The minimum atomic E-state index is -0.544. The molecule has 0 aliphatic rings. The molecule has 0 aliphatic heterocycles. The summed E-state index contributed by atoms with van der Waals surface area (Å²) in [6, 6.07) is 11.6. The third-order valence-electron chi connectivity index (χ3n) is 3.05. The third-order valence-corrected chi connectivity index (χ3v) is 3.05. The molecule has 0 unspecified atom stereocenters. The third kappa shape index (κ3) is 4.23. The fourth-order valence-corrected chi connectivity index (χ4v) is 1.79. The normalized spacial score (nSPS) is 10.4. The van der Waals surface area contributed by atoms with Gasteiger partial charge in [0.15, 0.2) is 0 Å². The van der Waals surface area contributed by atoms with Crippen molar-refractivity contribution in [3.63, 3.8) is 0 Å². The molecule has 0 saturated carbocycles. The first kappa shape index (κ1) is 16.8. The van der Waals surface area contributed by atoms with E-state index in [0.29, 0.717) is 11.1 Å². The van der Waals surface area contributed by atoms with Gasteiger partial charge in [-0.05, 0) is 29.8 Å². The number of esters is 1. The molecular weight excluding hydrogens is 314 g/mol. The quantitative estimate of drug-likeness (QED) is 0.391. The molecule has 0 aromatic heterocycles. The van der Waals surface area contributed by atoms with Gasteiger partial charge in [0.05, 0.1) is 23.8 Å². The van der Waals surface area contributed by atoms with Crippen LogP contribution in [0.1, 0.15) is 26.3 Å². The summed E-state index contributed by atoms with van der Waals surface area (Å²) in [5.41, 5.74) is 3.55. The Morgan fingerprint density at radius 3 is 2.21 bits per heavy atom. The van der Waals surface area contributed by atoms with Gasteiger partial charge in [-0.3, -0.25) is 14.9 Å². The molecule has 2 rings (SSSR count).